The van der Waals surface area contributed by atoms with Crippen LogP contribution in [0.3, 0.4) is 0 Å². The molecule has 6 heteroatoms. The second-order valence-corrected chi connectivity index (χ2v) is 4.89. The minimum absolute atomic E-state index is 0.229. The van der Waals surface area contributed by atoms with E-state index in [2.05, 4.69) is 4.74 Å². The van der Waals surface area contributed by atoms with Crippen molar-refractivity contribution in [1.29, 1.82) is 0 Å². The van der Waals surface area contributed by atoms with E-state index in [-0.39, 0.29) is 16.9 Å². The molecule has 1 aliphatic heterocycles. The van der Waals surface area contributed by atoms with Crippen LogP contribution in [0, 0.1) is 5.92 Å². The third kappa shape index (κ3) is 2.33. The molecule has 0 unspecified atom stereocenters. The van der Waals surface area contributed by atoms with Gasteiger partial charge in [-0.1, -0.05) is 19.1 Å². The molecule has 6 nitrogen and oxygen atoms in total. The highest BCUT2D eigenvalue weighted by Crippen LogP contribution is 2.27. The molecule has 1 aromatic rings. The van der Waals surface area contributed by atoms with Crippen LogP contribution in [0.5, 0.6) is 0 Å². The van der Waals surface area contributed by atoms with Crippen LogP contribution in [0.15, 0.2) is 24.3 Å². The van der Waals surface area contributed by atoms with E-state index >= 15 is 0 Å². The fourth-order valence-electron chi connectivity index (χ4n) is 2.34. The molecule has 21 heavy (non-hydrogen) atoms. The number of carbonyl (C=O) groups excluding carboxylic acids is 4. The van der Waals surface area contributed by atoms with E-state index in [9.17, 15) is 19.2 Å². The van der Waals surface area contributed by atoms with Crippen LogP contribution < -0.4 is 0 Å². The predicted octanol–water partition coefficient (Wildman–Crippen LogP) is 1.05. The first kappa shape index (κ1) is 14.9. The lowest BCUT2D eigenvalue weighted by Gasteiger charge is -2.27. The second-order valence-electron chi connectivity index (χ2n) is 4.89. The number of fused-ring (bicyclic) bond motifs is 1. The maximum Gasteiger partial charge on any atom is 0.329 e. The number of hydrogen-bond acceptors (Lipinski definition) is 5. The average Bonchev–Trinajstić information content (AvgIpc) is 2.72. The fraction of sp³-hybridized carbons (Fsp3) is 0.333. The number of amides is 2. The molecule has 0 aromatic heterocycles. The fourth-order valence-corrected chi connectivity index (χ4v) is 2.34. The monoisotopic (exact) mass is 289 g/mol. The molecule has 0 saturated heterocycles. The van der Waals surface area contributed by atoms with Gasteiger partial charge in [0.2, 0.25) is 0 Å². The molecule has 0 saturated carbocycles. The average molecular weight is 289 g/mol. The Hall–Kier alpha value is -2.50. The van der Waals surface area contributed by atoms with Crippen molar-refractivity contribution < 1.29 is 23.9 Å². The van der Waals surface area contributed by atoms with Gasteiger partial charge in [-0.2, -0.15) is 0 Å². The van der Waals surface area contributed by atoms with E-state index < -0.39 is 29.7 Å². The normalized spacial score (nSPS) is 16.4. The van der Waals surface area contributed by atoms with Gasteiger partial charge in [0.25, 0.3) is 11.8 Å². The van der Waals surface area contributed by atoms with Crippen molar-refractivity contribution in [3.05, 3.63) is 35.4 Å². The molecule has 2 rings (SSSR count). The zero-order chi connectivity index (χ0) is 15.7. The lowest BCUT2D eigenvalue weighted by atomic mass is 9.96. The van der Waals surface area contributed by atoms with Gasteiger partial charge in [0.05, 0.1) is 18.2 Å². The zero-order valence-corrected chi connectivity index (χ0v) is 12.0. The summed E-state index contributed by atoms with van der Waals surface area (Å²) in [5.41, 5.74) is 0.458. The lowest BCUT2D eigenvalue weighted by molar-refractivity contribution is -0.149. The van der Waals surface area contributed by atoms with Gasteiger partial charge < -0.3 is 4.74 Å². The highest BCUT2D eigenvalue weighted by molar-refractivity contribution is 6.23. The SMILES string of the molecule is COC(=O)[C@H]([C@@H](C)C(C)=O)N1C(=O)c2ccccc2C1=O. The third-order valence-electron chi connectivity index (χ3n) is 3.66. The number of ether oxygens (including phenoxy) is 1. The van der Waals surface area contributed by atoms with Gasteiger partial charge in [-0.05, 0) is 19.1 Å². The Morgan fingerprint density at radius 1 is 1.10 bits per heavy atom. The zero-order valence-electron chi connectivity index (χ0n) is 12.0. The topological polar surface area (TPSA) is 80.8 Å². The first-order valence-corrected chi connectivity index (χ1v) is 6.45. The summed E-state index contributed by atoms with van der Waals surface area (Å²) in [4.78, 5) is 49.1. The smallest absolute Gasteiger partial charge is 0.329 e. The van der Waals surface area contributed by atoms with Gasteiger partial charge in [-0.3, -0.25) is 19.3 Å². The highest BCUT2D eigenvalue weighted by Gasteiger charge is 2.46. The molecule has 0 bridgehead atoms. The lowest BCUT2D eigenvalue weighted by Crippen LogP contribution is -2.50. The molecule has 1 aromatic carbocycles. The van der Waals surface area contributed by atoms with Gasteiger partial charge in [-0.25, -0.2) is 4.79 Å². The van der Waals surface area contributed by atoms with Crippen LogP contribution in [0.25, 0.3) is 0 Å². The maximum atomic E-state index is 12.4. The Bertz CT molecular complexity index is 602. The second kappa shape index (κ2) is 5.47. The maximum absolute atomic E-state index is 12.4. The number of Topliss-reactive ketones (excluding diaryl/α,β-unsaturated/α-hetero) is 1. The Labute approximate surface area is 121 Å². The number of nitrogens with zero attached hydrogens (tertiary/aromatic N) is 1. The predicted molar refractivity (Wildman–Crippen MR) is 72.6 cm³/mol. The van der Waals surface area contributed by atoms with E-state index in [0.29, 0.717) is 0 Å². The van der Waals surface area contributed by atoms with Crippen molar-refractivity contribution in [3.8, 4) is 0 Å². The van der Waals surface area contributed by atoms with E-state index in [1.165, 1.54) is 26.0 Å². The molecule has 2 atom stereocenters. The Kier molecular flexibility index (Phi) is 3.88. The van der Waals surface area contributed by atoms with Crippen molar-refractivity contribution >= 4 is 23.6 Å². The summed E-state index contributed by atoms with van der Waals surface area (Å²) in [6.45, 7) is 2.80. The van der Waals surface area contributed by atoms with Gasteiger partial charge >= 0.3 is 5.97 Å². The number of imide groups is 1. The van der Waals surface area contributed by atoms with Crippen molar-refractivity contribution in [2.24, 2.45) is 5.92 Å². The van der Waals surface area contributed by atoms with Crippen LogP contribution in [-0.4, -0.2) is 41.6 Å². The molecule has 0 N–H and O–H groups in total. The first-order chi connectivity index (χ1) is 9.90. The number of ketones is 1. The van der Waals surface area contributed by atoms with Crippen molar-refractivity contribution in [2.75, 3.05) is 7.11 Å². The number of methoxy groups -OCH3 is 1. The molecule has 0 spiro atoms. The number of hydrogen-bond donors (Lipinski definition) is 0. The Morgan fingerprint density at radius 3 is 1.95 bits per heavy atom. The van der Waals surface area contributed by atoms with E-state index in [1.54, 1.807) is 12.1 Å². The molecule has 110 valence electrons. The number of rotatable bonds is 4. The van der Waals surface area contributed by atoms with E-state index in [4.69, 9.17) is 0 Å². The molecular formula is C15H15NO5. The summed E-state index contributed by atoms with van der Waals surface area (Å²) in [6, 6.07) is 5.05. The number of esters is 1. The summed E-state index contributed by atoms with van der Waals surface area (Å²) in [5, 5.41) is 0. The van der Waals surface area contributed by atoms with E-state index in [1.807, 2.05) is 0 Å². The molecule has 1 heterocycles. The summed E-state index contributed by atoms with van der Waals surface area (Å²) in [6.07, 6.45) is 0. The van der Waals surface area contributed by atoms with Gasteiger partial charge in [0.1, 0.15) is 11.8 Å². The van der Waals surface area contributed by atoms with Gasteiger partial charge in [-0.15, -0.1) is 0 Å². The van der Waals surface area contributed by atoms with Crippen LogP contribution in [-0.2, 0) is 14.3 Å². The minimum atomic E-state index is -1.25. The third-order valence-corrected chi connectivity index (χ3v) is 3.66. The van der Waals surface area contributed by atoms with Crippen LogP contribution in [0.4, 0.5) is 0 Å². The summed E-state index contributed by atoms with van der Waals surface area (Å²) in [7, 11) is 1.15. The quantitative estimate of drug-likeness (QED) is 0.611. The van der Waals surface area contributed by atoms with Crippen molar-refractivity contribution in [2.45, 2.75) is 19.9 Å². The van der Waals surface area contributed by atoms with Gasteiger partial charge in [0, 0.05) is 5.92 Å². The Balaban J connectivity index is 2.48. The minimum Gasteiger partial charge on any atom is -0.467 e. The van der Waals surface area contributed by atoms with Crippen molar-refractivity contribution in [3.63, 3.8) is 0 Å². The molecule has 0 aliphatic carbocycles. The summed E-state index contributed by atoms with van der Waals surface area (Å²) >= 11 is 0. The van der Waals surface area contributed by atoms with Crippen LogP contribution in [0.1, 0.15) is 34.6 Å². The molecule has 1 aliphatic rings. The summed E-state index contributed by atoms with van der Waals surface area (Å²) < 4.78 is 4.65. The molecular weight excluding hydrogens is 274 g/mol. The standard InChI is InChI=1S/C15H15NO5/c1-8(9(2)17)12(15(20)21-3)16-13(18)10-6-4-5-7-11(10)14(16)19/h4-8,12H,1-3H3/t8-,12-/m0/s1. The highest BCUT2D eigenvalue weighted by atomic mass is 16.5. The Morgan fingerprint density at radius 2 is 1.57 bits per heavy atom. The van der Waals surface area contributed by atoms with Gasteiger partial charge in [0.15, 0.2) is 0 Å². The molecule has 0 fully saturated rings. The summed E-state index contributed by atoms with van der Waals surface area (Å²) in [5.74, 6) is -3.09. The van der Waals surface area contributed by atoms with Crippen LogP contribution >= 0.6 is 0 Å². The molecule has 2 amide bonds. The number of carbonyl (C=O) groups is 4. The first-order valence-electron chi connectivity index (χ1n) is 6.45. The van der Waals surface area contributed by atoms with Crippen LogP contribution in [0.2, 0.25) is 0 Å². The largest absolute Gasteiger partial charge is 0.467 e. The van der Waals surface area contributed by atoms with Crippen molar-refractivity contribution in [1.82, 2.24) is 4.90 Å². The molecule has 0 radical (unpaired) electrons. The number of benzene rings is 1. The van der Waals surface area contributed by atoms with E-state index in [0.717, 1.165) is 12.0 Å².